The minimum Gasteiger partial charge on any atom is -0.464 e. The molecule has 0 aliphatic rings. The number of amides is 1. The SMILES string of the molecule is C=CCCCCCCCCCCNNNC(=O)O. The minimum absolute atomic E-state index is 0.777. The molecule has 0 saturated carbocycles. The Kier molecular flexibility index (Phi) is 13.2. The Labute approximate surface area is 110 Å². The molecular formula is C13H27N3O2. The number of allylic oxidation sites excluding steroid dienone is 1. The van der Waals surface area contributed by atoms with Crippen molar-refractivity contribution in [2.45, 2.75) is 57.8 Å². The lowest BCUT2D eigenvalue weighted by Gasteiger charge is -2.05. The standard InChI is InChI=1S/C13H27N3O2/c1-2-3-4-5-6-7-8-9-10-11-12-14-16-15-13(17)18/h2,14-16H,1,3-12H2,(H,17,18). The molecular weight excluding hydrogens is 230 g/mol. The molecule has 1 amide bonds. The summed E-state index contributed by atoms with van der Waals surface area (Å²) in [6.45, 7) is 4.49. The first-order valence-electron chi connectivity index (χ1n) is 6.85. The number of carbonyl (C=O) groups is 1. The number of unbranched alkanes of at least 4 members (excludes halogenated alkanes) is 8. The van der Waals surface area contributed by atoms with Crippen molar-refractivity contribution in [3.8, 4) is 0 Å². The van der Waals surface area contributed by atoms with Crippen LogP contribution in [0.5, 0.6) is 0 Å². The fourth-order valence-corrected chi connectivity index (χ4v) is 1.72. The molecule has 0 aromatic carbocycles. The Balaban J connectivity index is 2.94. The molecule has 0 fully saturated rings. The molecule has 0 saturated heterocycles. The largest absolute Gasteiger partial charge is 0.464 e. The van der Waals surface area contributed by atoms with Crippen molar-refractivity contribution in [1.82, 2.24) is 16.4 Å². The zero-order valence-corrected chi connectivity index (χ0v) is 11.2. The maximum atomic E-state index is 10.1. The molecule has 0 aromatic heterocycles. The van der Waals surface area contributed by atoms with Gasteiger partial charge in [-0.05, 0) is 19.3 Å². The molecule has 0 aromatic rings. The molecule has 0 aliphatic heterocycles. The molecule has 0 atom stereocenters. The third-order valence-corrected chi connectivity index (χ3v) is 2.72. The summed E-state index contributed by atoms with van der Waals surface area (Å²) in [4.78, 5) is 10.1. The van der Waals surface area contributed by atoms with Crippen LogP contribution in [-0.4, -0.2) is 17.7 Å². The quantitative estimate of drug-likeness (QED) is 0.232. The first-order chi connectivity index (χ1) is 8.77. The molecule has 5 nitrogen and oxygen atoms in total. The van der Waals surface area contributed by atoms with Gasteiger partial charge in [0.2, 0.25) is 0 Å². The lowest BCUT2D eigenvalue weighted by atomic mass is 10.1. The van der Waals surface area contributed by atoms with Crippen molar-refractivity contribution >= 4 is 6.09 Å². The van der Waals surface area contributed by atoms with Crippen LogP contribution in [0, 0.1) is 0 Å². The number of hydrogen-bond acceptors (Lipinski definition) is 3. The summed E-state index contributed by atoms with van der Waals surface area (Å²) in [5.41, 5.74) is 7.23. The van der Waals surface area contributed by atoms with Gasteiger partial charge in [0, 0.05) is 6.54 Å². The maximum absolute atomic E-state index is 10.1. The van der Waals surface area contributed by atoms with E-state index in [-0.39, 0.29) is 0 Å². The zero-order valence-electron chi connectivity index (χ0n) is 11.2. The van der Waals surface area contributed by atoms with E-state index >= 15 is 0 Å². The Morgan fingerprint density at radius 2 is 1.56 bits per heavy atom. The van der Waals surface area contributed by atoms with Crippen LogP contribution in [0.25, 0.3) is 0 Å². The van der Waals surface area contributed by atoms with Crippen molar-refractivity contribution in [3.05, 3.63) is 12.7 Å². The highest BCUT2D eigenvalue weighted by molar-refractivity contribution is 5.63. The Morgan fingerprint density at radius 3 is 2.11 bits per heavy atom. The van der Waals surface area contributed by atoms with E-state index in [1.165, 1.54) is 44.9 Å². The van der Waals surface area contributed by atoms with Gasteiger partial charge in [-0.3, -0.25) is 0 Å². The van der Waals surface area contributed by atoms with Gasteiger partial charge in [-0.2, -0.15) is 5.53 Å². The second kappa shape index (κ2) is 14.0. The summed E-state index contributed by atoms with van der Waals surface area (Å²) in [5, 5.41) is 8.27. The molecule has 0 spiro atoms. The highest BCUT2D eigenvalue weighted by Crippen LogP contribution is 2.09. The number of hydrazine groups is 2. The summed E-state index contributed by atoms with van der Waals surface area (Å²) in [7, 11) is 0. The normalized spacial score (nSPS) is 10.2. The number of hydrogen-bond donors (Lipinski definition) is 4. The Hall–Kier alpha value is -1.07. The van der Waals surface area contributed by atoms with E-state index in [0.717, 1.165) is 19.4 Å². The van der Waals surface area contributed by atoms with Crippen molar-refractivity contribution in [2.75, 3.05) is 6.54 Å². The molecule has 4 N–H and O–H groups in total. The third kappa shape index (κ3) is 14.9. The second-order valence-corrected chi connectivity index (χ2v) is 4.39. The highest BCUT2D eigenvalue weighted by Gasteiger charge is 1.93. The first-order valence-corrected chi connectivity index (χ1v) is 6.85. The minimum atomic E-state index is -1.08. The molecule has 0 rings (SSSR count). The number of nitrogens with one attached hydrogen (secondary N) is 3. The van der Waals surface area contributed by atoms with Gasteiger partial charge in [-0.25, -0.2) is 15.6 Å². The summed E-state index contributed by atoms with van der Waals surface area (Å²) in [5.74, 6) is 0. The first kappa shape index (κ1) is 16.9. The molecule has 0 radical (unpaired) electrons. The molecule has 0 bridgehead atoms. The fourth-order valence-electron chi connectivity index (χ4n) is 1.72. The lowest BCUT2D eigenvalue weighted by Crippen LogP contribution is -2.46. The van der Waals surface area contributed by atoms with E-state index < -0.39 is 6.09 Å². The summed E-state index contributed by atoms with van der Waals surface area (Å²) < 4.78 is 0. The van der Waals surface area contributed by atoms with E-state index in [1.807, 2.05) is 11.5 Å². The monoisotopic (exact) mass is 257 g/mol. The van der Waals surface area contributed by atoms with E-state index in [1.54, 1.807) is 0 Å². The van der Waals surface area contributed by atoms with Gasteiger partial charge in [0.15, 0.2) is 0 Å². The lowest BCUT2D eigenvalue weighted by molar-refractivity contribution is 0.185. The van der Waals surface area contributed by atoms with Crippen LogP contribution in [0.4, 0.5) is 4.79 Å². The maximum Gasteiger partial charge on any atom is 0.420 e. The van der Waals surface area contributed by atoms with Crippen LogP contribution in [0.1, 0.15) is 57.8 Å². The van der Waals surface area contributed by atoms with Crippen molar-refractivity contribution in [1.29, 1.82) is 0 Å². The third-order valence-electron chi connectivity index (χ3n) is 2.72. The summed E-state index contributed by atoms with van der Waals surface area (Å²) in [6.07, 6.45) is 12.1. The molecule has 0 aliphatic carbocycles. The van der Waals surface area contributed by atoms with Crippen LogP contribution < -0.4 is 16.4 Å². The number of carboxylic acid groups (broad SMARTS) is 1. The Bertz CT molecular complexity index is 210. The number of rotatable bonds is 13. The summed E-state index contributed by atoms with van der Waals surface area (Å²) >= 11 is 0. The fraction of sp³-hybridized carbons (Fsp3) is 0.769. The smallest absolute Gasteiger partial charge is 0.420 e. The zero-order chi connectivity index (χ0) is 13.5. The predicted octanol–water partition coefficient (Wildman–Crippen LogP) is 2.96. The van der Waals surface area contributed by atoms with Gasteiger partial charge in [-0.1, -0.05) is 44.6 Å². The van der Waals surface area contributed by atoms with Crippen molar-refractivity contribution in [2.24, 2.45) is 0 Å². The average molecular weight is 257 g/mol. The van der Waals surface area contributed by atoms with Gasteiger partial charge in [0.05, 0.1) is 0 Å². The van der Waals surface area contributed by atoms with Crippen molar-refractivity contribution < 1.29 is 9.90 Å². The van der Waals surface area contributed by atoms with Crippen LogP contribution in [0.2, 0.25) is 0 Å². The molecule has 5 heteroatoms. The van der Waals surface area contributed by atoms with E-state index in [0.29, 0.717) is 0 Å². The van der Waals surface area contributed by atoms with Crippen molar-refractivity contribution in [3.63, 3.8) is 0 Å². The molecule has 0 unspecified atom stereocenters. The van der Waals surface area contributed by atoms with E-state index in [2.05, 4.69) is 17.5 Å². The summed E-state index contributed by atoms with van der Waals surface area (Å²) in [6, 6.07) is 0. The van der Waals surface area contributed by atoms with E-state index in [9.17, 15) is 4.79 Å². The van der Waals surface area contributed by atoms with Crippen LogP contribution >= 0.6 is 0 Å². The van der Waals surface area contributed by atoms with Gasteiger partial charge >= 0.3 is 6.09 Å². The Morgan fingerprint density at radius 1 is 1.00 bits per heavy atom. The van der Waals surface area contributed by atoms with Gasteiger partial charge in [0.1, 0.15) is 0 Å². The van der Waals surface area contributed by atoms with E-state index in [4.69, 9.17) is 5.11 Å². The van der Waals surface area contributed by atoms with Crippen LogP contribution in [0.3, 0.4) is 0 Å². The van der Waals surface area contributed by atoms with Gasteiger partial charge in [-0.15, -0.1) is 6.58 Å². The average Bonchev–Trinajstić information content (AvgIpc) is 2.34. The van der Waals surface area contributed by atoms with Crippen LogP contribution in [-0.2, 0) is 0 Å². The van der Waals surface area contributed by atoms with Gasteiger partial charge < -0.3 is 5.11 Å². The topological polar surface area (TPSA) is 73.4 Å². The second-order valence-electron chi connectivity index (χ2n) is 4.39. The molecule has 18 heavy (non-hydrogen) atoms. The van der Waals surface area contributed by atoms with Crippen LogP contribution in [0.15, 0.2) is 12.7 Å². The van der Waals surface area contributed by atoms with Gasteiger partial charge in [0.25, 0.3) is 0 Å². The molecule has 0 heterocycles. The molecule has 106 valence electrons. The highest BCUT2D eigenvalue weighted by atomic mass is 16.4. The predicted molar refractivity (Wildman–Crippen MR) is 74.0 cm³/mol.